The normalized spacial score (nSPS) is 24.9. The molecular weight excluding hydrogens is 190 g/mol. The first-order chi connectivity index (χ1) is 7.27. The number of hydrogen-bond acceptors (Lipinski definition) is 3. The Kier molecular flexibility index (Phi) is 1.68. The Morgan fingerprint density at radius 1 is 1.27 bits per heavy atom. The van der Waals surface area contributed by atoms with Crippen molar-refractivity contribution >= 4 is 11.6 Å². The van der Waals surface area contributed by atoms with Crippen LogP contribution in [0, 0.1) is 5.92 Å². The highest BCUT2D eigenvalue weighted by molar-refractivity contribution is 6.09. The van der Waals surface area contributed by atoms with Crippen LogP contribution in [0.4, 0.5) is 5.69 Å². The molecule has 0 spiro atoms. The van der Waals surface area contributed by atoms with E-state index in [0.717, 1.165) is 11.3 Å². The van der Waals surface area contributed by atoms with Crippen molar-refractivity contribution in [3.8, 4) is 0 Å². The lowest BCUT2D eigenvalue weighted by atomic mass is 10.2. The molecule has 1 aliphatic carbocycles. The Bertz CT molecular complexity index is 440. The molecule has 1 heterocycles. The lowest BCUT2D eigenvalue weighted by Gasteiger charge is -2.34. The molecule has 0 saturated carbocycles. The summed E-state index contributed by atoms with van der Waals surface area (Å²) in [6.45, 7) is 0.690. The highest BCUT2D eigenvalue weighted by Gasteiger charge is 2.42. The van der Waals surface area contributed by atoms with Crippen LogP contribution in [0.5, 0.6) is 0 Å². The molecule has 1 aliphatic heterocycles. The summed E-state index contributed by atoms with van der Waals surface area (Å²) >= 11 is 0. The molecule has 1 aromatic rings. The highest BCUT2D eigenvalue weighted by atomic mass is 16.2. The predicted octanol–water partition coefficient (Wildman–Crippen LogP) is 0.680. The molecule has 0 bridgehead atoms. The number of carbonyl (C=O) groups is 1. The Morgan fingerprint density at radius 3 is 2.73 bits per heavy atom. The van der Waals surface area contributed by atoms with Crippen molar-refractivity contribution in [3.63, 3.8) is 0 Å². The van der Waals surface area contributed by atoms with Crippen LogP contribution in [0.3, 0.4) is 0 Å². The maximum atomic E-state index is 11.9. The number of carbonyl (C=O) groups excluding carboxylic acids is 1. The summed E-state index contributed by atoms with van der Waals surface area (Å²) in [6, 6.07) is 9.45. The van der Waals surface area contributed by atoms with Crippen molar-refractivity contribution in [2.45, 2.75) is 0 Å². The van der Waals surface area contributed by atoms with E-state index < -0.39 is 0 Å². The van der Waals surface area contributed by atoms with Gasteiger partial charge in [-0.25, -0.2) is 5.01 Å². The number of hydrazine groups is 2. The summed E-state index contributed by atoms with van der Waals surface area (Å²) in [6.07, 6.45) is 1.96. The average Bonchev–Trinajstić information content (AvgIpc) is 2.99. The van der Waals surface area contributed by atoms with Gasteiger partial charge in [0.2, 0.25) is 0 Å². The maximum absolute atomic E-state index is 11.9. The largest absolute Gasteiger partial charge is 0.270 e. The van der Waals surface area contributed by atoms with Crippen LogP contribution in [0.15, 0.2) is 42.0 Å². The summed E-state index contributed by atoms with van der Waals surface area (Å²) in [5.41, 5.74) is 1.71. The zero-order valence-electron chi connectivity index (χ0n) is 8.13. The number of rotatable bonds is 1. The van der Waals surface area contributed by atoms with Gasteiger partial charge in [0.05, 0.1) is 5.69 Å². The van der Waals surface area contributed by atoms with E-state index in [0.29, 0.717) is 6.54 Å². The lowest BCUT2D eigenvalue weighted by molar-refractivity contribution is -0.119. The zero-order chi connectivity index (χ0) is 10.4. The Balaban J connectivity index is 1.96. The van der Waals surface area contributed by atoms with Crippen molar-refractivity contribution < 1.29 is 4.79 Å². The fourth-order valence-electron chi connectivity index (χ4n) is 1.91. The van der Waals surface area contributed by atoms with E-state index in [1.807, 2.05) is 36.4 Å². The van der Waals surface area contributed by atoms with Gasteiger partial charge in [-0.05, 0) is 12.1 Å². The Morgan fingerprint density at radius 2 is 2.00 bits per heavy atom. The third-order valence-corrected chi connectivity index (χ3v) is 2.75. The van der Waals surface area contributed by atoms with Crippen LogP contribution in [0.2, 0.25) is 0 Å². The van der Waals surface area contributed by atoms with Crippen LogP contribution in [0.1, 0.15) is 0 Å². The maximum Gasteiger partial charge on any atom is 0.270 e. The van der Waals surface area contributed by atoms with E-state index >= 15 is 0 Å². The number of hydrogen-bond donors (Lipinski definition) is 1. The first-order valence-electron chi connectivity index (χ1n) is 4.91. The zero-order valence-corrected chi connectivity index (χ0v) is 8.13. The molecule has 1 unspecified atom stereocenters. The van der Waals surface area contributed by atoms with Gasteiger partial charge in [-0.1, -0.05) is 24.3 Å². The minimum absolute atomic E-state index is 0.0000463. The molecule has 4 nitrogen and oxygen atoms in total. The fourth-order valence-corrected chi connectivity index (χ4v) is 1.91. The Labute approximate surface area is 87.5 Å². The van der Waals surface area contributed by atoms with Gasteiger partial charge in [0.25, 0.3) is 5.91 Å². The van der Waals surface area contributed by atoms with Crippen molar-refractivity contribution in [3.05, 3.63) is 42.0 Å². The van der Waals surface area contributed by atoms with Crippen LogP contribution in [0.25, 0.3) is 0 Å². The molecule has 2 N–H and O–H groups in total. The summed E-state index contributed by atoms with van der Waals surface area (Å²) < 4.78 is 0. The second-order valence-electron chi connectivity index (χ2n) is 3.80. The average molecular weight is 201 g/mol. The number of benzene rings is 1. The van der Waals surface area contributed by atoms with E-state index in [1.165, 1.54) is 10.1 Å². The SMILES string of the molecule is NN1CC2C=C2C(=O)N1c1ccccc1. The van der Waals surface area contributed by atoms with Gasteiger partial charge in [-0.15, -0.1) is 0 Å². The van der Waals surface area contributed by atoms with E-state index in [2.05, 4.69) is 0 Å². The Hall–Kier alpha value is -1.65. The standard InChI is InChI=1S/C11H11N3O/c12-13-7-8-6-10(8)11(15)14(13)9-4-2-1-3-5-9/h1-6,8H,7,12H2. The van der Waals surface area contributed by atoms with Gasteiger partial charge in [0, 0.05) is 18.0 Å². The predicted molar refractivity (Wildman–Crippen MR) is 56.4 cm³/mol. The first kappa shape index (κ1) is 8.64. The third-order valence-electron chi connectivity index (χ3n) is 2.75. The number of amides is 1. The third kappa shape index (κ3) is 1.26. The molecule has 1 fully saturated rings. The molecule has 2 aliphatic rings. The number of nitrogens with zero attached hydrogens (tertiary/aromatic N) is 2. The molecule has 76 valence electrons. The monoisotopic (exact) mass is 201 g/mol. The second kappa shape index (κ2) is 2.92. The number of fused-ring (bicyclic) bond motifs is 1. The number of nitrogens with two attached hydrogens (primary N) is 1. The van der Waals surface area contributed by atoms with Crippen molar-refractivity contribution in [1.82, 2.24) is 5.12 Å². The van der Waals surface area contributed by atoms with E-state index in [4.69, 9.17) is 5.84 Å². The minimum Gasteiger partial charge on any atom is -0.268 e. The van der Waals surface area contributed by atoms with Gasteiger partial charge in [0.1, 0.15) is 0 Å². The van der Waals surface area contributed by atoms with Crippen LogP contribution < -0.4 is 10.9 Å². The summed E-state index contributed by atoms with van der Waals surface area (Å²) in [7, 11) is 0. The molecule has 15 heavy (non-hydrogen) atoms. The summed E-state index contributed by atoms with van der Waals surface area (Å²) in [5, 5.41) is 3.00. The quantitative estimate of drug-likeness (QED) is 0.680. The number of anilines is 1. The number of para-hydroxylation sites is 1. The van der Waals surface area contributed by atoms with Gasteiger partial charge in [-0.2, -0.15) is 5.12 Å². The molecule has 1 saturated heterocycles. The molecule has 4 heteroatoms. The topological polar surface area (TPSA) is 49.6 Å². The molecule has 1 amide bonds. The minimum atomic E-state index is -0.0000463. The van der Waals surface area contributed by atoms with Gasteiger partial charge < -0.3 is 0 Å². The molecular formula is C11H11N3O. The van der Waals surface area contributed by atoms with E-state index in [1.54, 1.807) is 0 Å². The van der Waals surface area contributed by atoms with Crippen molar-refractivity contribution in [1.29, 1.82) is 0 Å². The van der Waals surface area contributed by atoms with E-state index in [-0.39, 0.29) is 11.8 Å². The molecule has 0 aromatic heterocycles. The molecule has 3 rings (SSSR count). The van der Waals surface area contributed by atoms with Gasteiger partial charge in [-0.3, -0.25) is 10.6 Å². The molecule has 1 atom stereocenters. The highest BCUT2D eigenvalue weighted by Crippen LogP contribution is 2.36. The molecule has 1 aromatic carbocycles. The van der Waals surface area contributed by atoms with E-state index in [9.17, 15) is 4.79 Å². The summed E-state index contributed by atoms with van der Waals surface area (Å²) in [5.74, 6) is 6.10. The van der Waals surface area contributed by atoms with Crippen molar-refractivity contribution in [2.24, 2.45) is 11.8 Å². The smallest absolute Gasteiger partial charge is 0.268 e. The fraction of sp³-hybridized carbons (Fsp3) is 0.182. The van der Waals surface area contributed by atoms with Crippen LogP contribution in [-0.4, -0.2) is 17.6 Å². The van der Waals surface area contributed by atoms with Crippen LogP contribution in [-0.2, 0) is 4.79 Å². The second-order valence-corrected chi connectivity index (χ2v) is 3.80. The van der Waals surface area contributed by atoms with Gasteiger partial charge >= 0.3 is 0 Å². The molecule has 0 radical (unpaired) electrons. The van der Waals surface area contributed by atoms with Crippen molar-refractivity contribution in [2.75, 3.05) is 11.6 Å². The van der Waals surface area contributed by atoms with Crippen LogP contribution >= 0.6 is 0 Å². The lowest BCUT2D eigenvalue weighted by Crippen LogP contribution is -2.55. The van der Waals surface area contributed by atoms with Gasteiger partial charge in [0.15, 0.2) is 0 Å². The first-order valence-corrected chi connectivity index (χ1v) is 4.91. The summed E-state index contributed by atoms with van der Waals surface area (Å²) in [4.78, 5) is 11.9.